The molecule has 1 atom stereocenters. The Morgan fingerprint density at radius 2 is 1.95 bits per heavy atom. The summed E-state index contributed by atoms with van der Waals surface area (Å²) in [4.78, 5) is 0. The first-order chi connectivity index (χ1) is 9.04. The zero-order chi connectivity index (χ0) is 14.3. The highest BCUT2D eigenvalue weighted by Gasteiger charge is 2.13. The monoisotopic (exact) mass is 305 g/mol. The lowest BCUT2D eigenvalue weighted by Crippen LogP contribution is -2.36. The first-order valence-corrected chi connectivity index (χ1v) is 7.10. The average molecular weight is 306 g/mol. The number of methoxy groups -OCH3 is 1. The van der Waals surface area contributed by atoms with Crippen LogP contribution in [0.2, 0.25) is 10.0 Å². The van der Waals surface area contributed by atoms with Crippen LogP contribution in [0.4, 0.5) is 0 Å². The molecule has 0 bridgehead atoms. The number of rotatable bonds is 8. The van der Waals surface area contributed by atoms with E-state index in [2.05, 4.69) is 19.2 Å². The molecular formula is C14H21Cl2NO2. The topological polar surface area (TPSA) is 30.5 Å². The van der Waals surface area contributed by atoms with E-state index in [-0.39, 0.29) is 6.10 Å². The largest absolute Gasteiger partial charge is 0.485 e. The SMILES string of the molecule is COCC(CNCC(C)C)Oc1cccc(Cl)c1Cl. The van der Waals surface area contributed by atoms with Crippen molar-refractivity contribution in [2.45, 2.75) is 20.0 Å². The van der Waals surface area contributed by atoms with E-state index in [1.54, 1.807) is 19.2 Å². The molecule has 19 heavy (non-hydrogen) atoms. The van der Waals surface area contributed by atoms with Crippen LogP contribution in [0.15, 0.2) is 18.2 Å². The Hall–Kier alpha value is -0.480. The van der Waals surface area contributed by atoms with Gasteiger partial charge in [0.05, 0.1) is 11.6 Å². The molecule has 0 radical (unpaired) electrons. The lowest BCUT2D eigenvalue weighted by atomic mass is 10.2. The molecule has 1 aromatic rings. The van der Waals surface area contributed by atoms with E-state index in [0.717, 1.165) is 6.54 Å². The van der Waals surface area contributed by atoms with E-state index in [1.165, 1.54) is 0 Å². The first kappa shape index (κ1) is 16.6. The summed E-state index contributed by atoms with van der Waals surface area (Å²) in [6.45, 7) is 6.45. The second-order valence-electron chi connectivity index (χ2n) is 4.80. The van der Waals surface area contributed by atoms with Gasteiger partial charge in [0.15, 0.2) is 0 Å². The quantitative estimate of drug-likeness (QED) is 0.795. The van der Waals surface area contributed by atoms with E-state index in [0.29, 0.717) is 34.9 Å². The summed E-state index contributed by atoms with van der Waals surface area (Å²) in [7, 11) is 1.65. The van der Waals surface area contributed by atoms with Crippen LogP contribution in [0, 0.1) is 5.92 Å². The van der Waals surface area contributed by atoms with E-state index < -0.39 is 0 Å². The van der Waals surface area contributed by atoms with E-state index in [9.17, 15) is 0 Å². The van der Waals surface area contributed by atoms with Crippen LogP contribution in [0.25, 0.3) is 0 Å². The van der Waals surface area contributed by atoms with Gasteiger partial charge in [-0.3, -0.25) is 0 Å². The molecule has 0 aliphatic carbocycles. The van der Waals surface area contributed by atoms with Gasteiger partial charge < -0.3 is 14.8 Å². The van der Waals surface area contributed by atoms with Crippen molar-refractivity contribution in [2.24, 2.45) is 5.92 Å². The highest BCUT2D eigenvalue weighted by molar-refractivity contribution is 6.42. The first-order valence-electron chi connectivity index (χ1n) is 6.35. The molecule has 0 amide bonds. The molecule has 3 nitrogen and oxygen atoms in total. The Balaban J connectivity index is 2.59. The molecule has 1 unspecified atom stereocenters. The molecule has 0 spiro atoms. The summed E-state index contributed by atoms with van der Waals surface area (Å²) in [5.41, 5.74) is 0. The maximum atomic E-state index is 6.10. The van der Waals surface area contributed by atoms with Gasteiger partial charge in [-0.25, -0.2) is 0 Å². The zero-order valence-electron chi connectivity index (χ0n) is 11.6. The van der Waals surface area contributed by atoms with Crippen LogP contribution in [0.1, 0.15) is 13.8 Å². The number of halogens is 2. The number of nitrogens with one attached hydrogen (secondary N) is 1. The Bertz CT molecular complexity index is 386. The van der Waals surface area contributed by atoms with Crippen molar-refractivity contribution >= 4 is 23.2 Å². The van der Waals surface area contributed by atoms with Crippen LogP contribution in [-0.4, -0.2) is 32.9 Å². The Morgan fingerprint density at radius 3 is 2.58 bits per heavy atom. The lowest BCUT2D eigenvalue weighted by Gasteiger charge is -2.20. The van der Waals surface area contributed by atoms with Crippen molar-refractivity contribution in [1.82, 2.24) is 5.32 Å². The summed E-state index contributed by atoms with van der Waals surface area (Å²) in [5.74, 6) is 1.18. The van der Waals surface area contributed by atoms with Gasteiger partial charge in [0, 0.05) is 13.7 Å². The summed E-state index contributed by atoms with van der Waals surface area (Å²) >= 11 is 12.1. The predicted octanol–water partition coefficient (Wildman–Crippen LogP) is 3.63. The summed E-state index contributed by atoms with van der Waals surface area (Å²) in [6, 6.07) is 5.35. The van der Waals surface area contributed by atoms with Gasteiger partial charge in [-0.2, -0.15) is 0 Å². The Morgan fingerprint density at radius 1 is 1.21 bits per heavy atom. The van der Waals surface area contributed by atoms with Crippen molar-refractivity contribution in [3.63, 3.8) is 0 Å². The third-order valence-electron chi connectivity index (χ3n) is 2.49. The minimum absolute atomic E-state index is 0.0975. The van der Waals surface area contributed by atoms with Crippen molar-refractivity contribution < 1.29 is 9.47 Å². The van der Waals surface area contributed by atoms with Gasteiger partial charge in [-0.1, -0.05) is 43.1 Å². The van der Waals surface area contributed by atoms with Crippen molar-refractivity contribution in [1.29, 1.82) is 0 Å². The third kappa shape index (κ3) is 6.00. The average Bonchev–Trinajstić information content (AvgIpc) is 2.34. The molecule has 0 aromatic heterocycles. The molecule has 0 fully saturated rings. The molecule has 0 aliphatic rings. The minimum Gasteiger partial charge on any atom is -0.485 e. The lowest BCUT2D eigenvalue weighted by molar-refractivity contribution is 0.0803. The second-order valence-corrected chi connectivity index (χ2v) is 5.58. The summed E-state index contributed by atoms with van der Waals surface area (Å²) in [5, 5.41) is 4.27. The molecule has 108 valence electrons. The second kappa shape index (κ2) is 8.64. The van der Waals surface area contributed by atoms with Crippen LogP contribution in [-0.2, 0) is 4.74 Å². The van der Waals surface area contributed by atoms with Gasteiger partial charge in [0.1, 0.15) is 16.9 Å². The van der Waals surface area contributed by atoms with Crippen molar-refractivity contribution in [3.8, 4) is 5.75 Å². The molecule has 0 saturated heterocycles. The highest BCUT2D eigenvalue weighted by atomic mass is 35.5. The van der Waals surface area contributed by atoms with Gasteiger partial charge in [-0.15, -0.1) is 0 Å². The molecule has 0 aliphatic heterocycles. The fourth-order valence-corrected chi connectivity index (χ4v) is 1.94. The fraction of sp³-hybridized carbons (Fsp3) is 0.571. The number of benzene rings is 1. The van der Waals surface area contributed by atoms with E-state index in [4.69, 9.17) is 32.7 Å². The highest BCUT2D eigenvalue weighted by Crippen LogP contribution is 2.32. The van der Waals surface area contributed by atoms with Crippen LogP contribution in [0.3, 0.4) is 0 Å². The van der Waals surface area contributed by atoms with Crippen LogP contribution < -0.4 is 10.1 Å². The fourth-order valence-electron chi connectivity index (χ4n) is 1.61. The molecule has 1 aromatic carbocycles. The maximum absolute atomic E-state index is 6.10. The number of hydrogen-bond acceptors (Lipinski definition) is 3. The Kier molecular flexibility index (Phi) is 7.54. The number of hydrogen-bond donors (Lipinski definition) is 1. The molecule has 1 rings (SSSR count). The maximum Gasteiger partial charge on any atom is 0.140 e. The van der Waals surface area contributed by atoms with Gasteiger partial charge in [0.2, 0.25) is 0 Å². The van der Waals surface area contributed by atoms with Crippen LogP contribution >= 0.6 is 23.2 Å². The normalized spacial score (nSPS) is 12.7. The Labute approximate surface area is 125 Å². The van der Waals surface area contributed by atoms with Gasteiger partial charge in [0.25, 0.3) is 0 Å². The molecule has 0 saturated carbocycles. The van der Waals surface area contributed by atoms with Crippen molar-refractivity contribution in [2.75, 3.05) is 26.8 Å². The smallest absolute Gasteiger partial charge is 0.140 e. The molecule has 5 heteroatoms. The summed E-state index contributed by atoms with van der Waals surface area (Å²) in [6.07, 6.45) is -0.0975. The minimum atomic E-state index is -0.0975. The predicted molar refractivity (Wildman–Crippen MR) is 80.5 cm³/mol. The van der Waals surface area contributed by atoms with E-state index in [1.807, 2.05) is 6.07 Å². The van der Waals surface area contributed by atoms with Crippen molar-refractivity contribution in [3.05, 3.63) is 28.2 Å². The third-order valence-corrected chi connectivity index (χ3v) is 3.29. The standard InChI is InChI=1S/C14H21Cl2NO2/c1-10(2)7-17-8-11(9-18-3)19-13-6-4-5-12(15)14(13)16/h4-6,10-11,17H,7-9H2,1-3H3. The van der Waals surface area contributed by atoms with Crippen LogP contribution in [0.5, 0.6) is 5.75 Å². The van der Waals surface area contributed by atoms with E-state index >= 15 is 0 Å². The number of ether oxygens (including phenoxy) is 2. The molecule has 0 heterocycles. The van der Waals surface area contributed by atoms with Gasteiger partial charge in [-0.05, 0) is 24.6 Å². The molecule has 1 N–H and O–H groups in total. The van der Waals surface area contributed by atoms with Gasteiger partial charge >= 0.3 is 0 Å². The zero-order valence-corrected chi connectivity index (χ0v) is 13.1. The summed E-state index contributed by atoms with van der Waals surface area (Å²) < 4.78 is 11.0. The molecular weight excluding hydrogens is 285 g/mol.